The van der Waals surface area contributed by atoms with E-state index >= 15 is 0 Å². The van der Waals surface area contributed by atoms with E-state index in [-0.39, 0.29) is 0 Å². The molecule has 0 radical (unpaired) electrons. The van der Waals surface area contributed by atoms with Gasteiger partial charge in [0.1, 0.15) is 0 Å². The topological polar surface area (TPSA) is 28.2 Å². The van der Waals surface area contributed by atoms with Crippen LogP contribution in [0.2, 0.25) is 0 Å². The fraction of sp³-hybridized carbons (Fsp3) is 0.688. The Balaban J connectivity index is 2.06. The molecule has 0 amide bonds. The van der Waals surface area contributed by atoms with E-state index in [1.165, 1.54) is 24.8 Å². The summed E-state index contributed by atoms with van der Waals surface area (Å²) in [5.74, 6) is 0.848. The zero-order valence-electron chi connectivity index (χ0n) is 12.5. The van der Waals surface area contributed by atoms with Crippen LogP contribution in [0.25, 0.3) is 0 Å². The Bertz CT molecular complexity index is 366. The number of pyridine rings is 1. The van der Waals surface area contributed by atoms with Crippen molar-refractivity contribution in [3.63, 3.8) is 0 Å². The molecule has 3 nitrogen and oxygen atoms in total. The van der Waals surface area contributed by atoms with Gasteiger partial charge in [-0.2, -0.15) is 0 Å². The van der Waals surface area contributed by atoms with Gasteiger partial charge in [0.05, 0.1) is 0 Å². The molecule has 0 aliphatic heterocycles. The van der Waals surface area contributed by atoms with Gasteiger partial charge in [0, 0.05) is 31.0 Å². The number of nitrogens with one attached hydrogen (secondary N) is 1. The van der Waals surface area contributed by atoms with Gasteiger partial charge < -0.3 is 5.32 Å². The molecule has 3 atom stereocenters. The lowest BCUT2D eigenvalue weighted by molar-refractivity contribution is 0.103. The van der Waals surface area contributed by atoms with Gasteiger partial charge in [-0.05, 0) is 56.5 Å². The van der Waals surface area contributed by atoms with Crippen LogP contribution in [0.3, 0.4) is 0 Å². The standard InChI is InChI=1S/C16H27N3/c1-4-19(12-14-7-9-18-10-8-14)16-11-13(2)5-6-15(16)17-3/h7-10,13,15-17H,4-6,11-12H2,1-3H3. The molecule has 3 unspecified atom stereocenters. The van der Waals surface area contributed by atoms with E-state index in [0.29, 0.717) is 12.1 Å². The Morgan fingerprint density at radius 3 is 2.68 bits per heavy atom. The first-order valence-corrected chi connectivity index (χ1v) is 7.54. The van der Waals surface area contributed by atoms with Gasteiger partial charge in [0.15, 0.2) is 0 Å². The molecular formula is C16H27N3. The largest absolute Gasteiger partial charge is 0.315 e. The van der Waals surface area contributed by atoms with E-state index in [4.69, 9.17) is 0 Å². The van der Waals surface area contributed by atoms with Crippen LogP contribution in [0.1, 0.15) is 38.7 Å². The van der Waals surface area contributed by atoms with Gasteiger partial charge in [-0.25, -0.2) is 0 Å². The smallest absolute Gasteiger partial charge is 0.0271 e. The summed E-state index contributed by atoms with van der Waals surface area (Å²) in [5.41, 5.74) is 1.37. The monoisotopic (exact) mass is 261 g/mol. The molecular weight excluding hydrogens is 234 g/mol. The molecule has 19 heavy (non-hydrogen) atoms. The molecule has 1 aliphatic rings. The van der Waals surface area contributed by atoms with E-state index < -0.39 is 0 Å². The zero-order valence-corrected chi connectivity index (χ0v) is 12.5. The second kappa shape index (κ2) is 7.01. The predicted octanol–water partition coefficient (Wildman–Crippen LogP) is 2.68. The van der Waals surface area contributed by atoms with Crippen molar-refractivity contribution >= 4 is 0 Å². The molecule has 1 N–H and O–H groups in total. The first-order chi connectivity index (χ1) is 9.24. The van der Waals surface area contributed by atoms with Crippen molar-refractivity contribution < 1.29 is 0 Å². The molecule has 0 saturated heterocycles. The van der Waals surface area contributed by atoms with Crippen LogP contribution in [0.5, 0.6) is 0 Å². The summed E-state index contributed by atoms with van der Waals surface area (Å²) in [4.78, 5) is 6.72. The first kappa shape index (κ1) is 14.5. The quantitative estimate of drug-likeness (QED) is 0.883. The predicted molar refractivity (Wildman–Crippen MR) is 80.0 cm³/mol. The number of nitrogens with zero attached hydrogens (tertiary/aromatic N) is 2. The van der Waals surface area contributed by atoms with Crippen molar-refractivity contribution in [2.24, 2.45) is 5.92 Å². The Morgan fingerprint density at radius 2 is 2.05 bits per heavy atom. The normalized spacial score (nSPS) is 27.7. The molecule has 3 heteroatoms. The van der Waals surface area contributed by atoms with Crippen LogP contribution in [0.15, 0.2) is 24.5 Å². The fourth-order valence-electron chi connectivity index (χ4n) is 3.28. The van der Waals surface area contributed by atoms with Crippen LogP contribution in [0.4, 0.5) is 0 Å². The minimum Gasteiger partial charge on any atom is -0.315 e. The molecule has 1 aliphatic carbocycles. The van der Waals surface area contributed by atoms with Crippen molar-refractivity contribution in [3.8, 4) is 0 Å². The lowest BCUT2D eigenvalue weighted by Gasteiger charge is -2.41. The van der Waals surface area contributed by atoms with Crippen LogP contribution in [-0.4, -0.2) is 35.6 Å². The average molecular weight is 261 g/mol. The highest BCUT2D eigenvalue weighted by atomic mass is 15.2. The van der Waals surface area contributed by atoms with E-state index in [1.807, 2.05) is 12.4 Å². The zero-order chi connectivity index (χ0) is 13.7. The maximum atomic E-state index is 4.10. The number of aromatic nitrogens is 1. The molecule has 106 valence electrons. The number of hydrogen-bond acceptors (Lipinski definition) is 3. The van der Waals surface area contributed by atoms with Gasteiger partial charge in [-0.15, -0.1) is 0 Å². The average Bonchev–Trinajstić information content (AvgIpc) is 2.46. The van der Waals surface area contributed by atoms with Crippen molar-refractivity contribution in [2.45, 2.75) is 51.7 Å². The summed E-state index contributed by atoms with van der Waals surface area (Å²) in [6.45, 7) is 6.80. The summed E-state index contributed by atoms with van der Waals surface area (Å²) in [5, 5.41) is 3.52. The Hall–Kier alpha value is -0.930. The van der Waals surface area contributed by atoms with Crippen LogP contribution >= 0.6 is 0 Å². The number of hydrogen-bond donors (Lipinski definition) is 1. The second-order valence-electron chi connectivity index (χ2n) is 5.80. The Kier molecular flexibility index (Phi) is 5.34. The third-order valence-electron chi connectivity index (χ3n) is 4.46. The minimum absolute atomic E-state index is 0.637. The van der Waals surface area contributed by atoms with Gasteiger partial charge in [-0.3, -0.25) is 9.88 Å². The van der Waals surface area contributed by atoms with E-state index in [1.54, 1.807) is 0 Å². The molecule has 1 fully saturated rings. The molecule has 1 saturated carbocycles. The van der Waals surface area contributed by atoms with Gasteiger partial charge in [0.2, 0.25) is 0 Å². The maximum Gasteiger partial charge on any atom is 0.0271 e. The molecule has 0 spiro atoms. The fourth-order valence-corrected chi connectivity index (χ4v) is 3.28. The third kappa shape index (κ3) is 3.77. The van der Waals surface area contributed by atoms with E-state index in [0.717, 1.165) is 19.0 Å². The number of rotatable bonds is 5. The highest BCUT2D eigenvalue weighted by molar-refractivity contribution is 5.10. The summed E-state index contributed by atoms with van der Waals surface area (Å²) >= 11 is 0. The summed E-state index contributed by atoms with van der Waals surface area (Å²) < 4.78 is 0. The molecule has 1 heterocycles. The van der Waals surface area contributed by atoms with Gasteiger partial charge >= 0.3 is 0 Å². The van der Waals surface area contributed by atoms with Crippen molar-refractivity contribution in [2.75, 3.05) is 13.6 Å². The highest BCUT2D eigenvalue weighted by Gasteiger charge is 2.31. The Morgan fingerprint density at radius 1 is 1.32 bits per heavy atom. The van der Waals surface area contributed by atoms with Crippen molar-refractivity contribution in [3.05, 3.63) is 30.1 Å². The van der Waals surface area contributed by atoms with E-state index in [2.05, 4.69) is 48.2 Å². The number of likely N-dealkylation sites (N-methyl/N-ethyl adjacent to an activating group) is 2. The lowest BCUT2D eigenvalue weighted by atomic mass is 9.82. The van der Waals surface area contributed by atoms with Gasteiger partial charge in [-0.1, -0.05) is 13.8 Å². The molecule has 1 aromatic rings. The lowest BCUT2D eigenvalue weighted by Crippen LogP contribution is -2.51. The van der Waals surface area contributed by atoms with E-state index in [9.17, 15) is 0 Å². The molecule has 0 bridgehead atoms. The first-order valence-electron chi connectivity index (χ1n) is 7.54. The summed E-state index contributed by atoms with van der Waals surface area (Å²) in [7, 11) is 2.11. The summed E-state index contributed by atoms with van der Waals surface area (Å²) in [6.07, 6.45) is 7.75. The van der Waals surface area contributed by atoms with Gasteiger partial charge in [0.25, 0.3) is 0 Å². The van der Waals surface area contributed by atoms with Crippen LogP contribution in [0, 0.1) is 5.92 Å². The summed E-state index contributed by atoms with van der Waals surface area (Å²) in [6, 6.07) is 5.55. The molecule has 2 rings (SSSR count). The minimum atomic E-state index is 0.637. The van der Waals surface area contributed by atoms with Crippen LogP contribution in [-0.2, 0) is 6.54 Å². The van der Waals surface area contributed by atoms with Crippen molar-refractivity contribution in [1.82, 2.24) is 15.2 Å². The Labute approximate surface area is 117 Å². The highest BCUT2D eigenvalue weighted by Crippen LogP contribution is 2.28. The second-order valence-corrected chi connectivity index (χ2v) is 5.80. The van der Waals surface area contributed by atoms with Crippen LogP contribution < -0.4 is 5.32 Å². The SMILES string of the molecule is CCN(Cc1ccncc1)C1CC(C)CCC1NC. The molecule has 1 aromatic heterocycles. The van der Waals surface area contributed by atoms with Crippen molar-refractivity contribution in [1.29, 1.82) is 0 Å². The third-order valence-corrected chi connectivity index (χ3v) is 4.46. The molecule has 0 aromatic carbocycles. The maximum absolute atomic E-state index is 4.10.